The van der Waals surface area contributed by atoms with E-state index in [0.717, 1.165) is 28.9 Å². The number of methoxy groups -OCH3 is 3. The summed E-state index contributed by atoms with van der Waals surface area (Å²) >= 11 is 0. The van der Waals surface area contributed by atoms with Crippen LogP contribution in [0.5, 0.6) is 17.2 Å². The summed E-state index contributed by atoms with van der Waals surface area (Å²) in [5, 5.41) is 11.0. The van der Waals surface area contributed by atoms with E-state index in [1.165, 1.54) is 0 Å². The van der Waals surface area contributed by atoms with Crippen LogP contribution in [0, 0.1) is 0 Å². The molecule has 0 fully saturated rings. The van der Waals surface area contributed by atoms with E-state index in [2.05, 4.69) is 45.0 Å². The standard InChI is InChI=1S/C28H29N5O4/c1-35-21-12-10-19(11-13-21)22-17-23(20-7-5-4-6-8-20)33-28(29-22)31-27(32-33)30-26(34)16-18-9-14-24(36-2)25(15-18)37-3/h4-15,22-23H,16-17H2,1-3H3,(H2,29,30,31,32,34). The Bertz CT molecular complexity index is 1370. The highest BCUT2D eigenvalue weighted by Crippen LogP contribution is 2.38. The van der Waals surface area contributed by atoms with E-state index in [1.54, 1.807) is 33.5 Å². The molecule has 0 saturated heterocycles. The Morgan fingerprint density at radius 2 is 1.70 bits per heavy atom. The van der Waals surface area contributed by atoms with E-state index in [1.807, 2.05) is 41.1 Å². The molecule has 1 aliphatic rings. The fraction of sp³-hybridized carbons (Fsp3) is 0.250. The van der Waals surface area contributed by atoms with Gasteiger partial charge in [-0.1, -0.05) is 48.5 Å². The first-order valence-electron chi connectivity index (χ1n) is 12.0. The van der Waals surface area contributed by atoms with Gasteiger partial charge >= 0.3 is 0 Å². The number of ether oxygens (including phenoxy) is 3. The summed E-state index contributed by atoms with van der Waals surface area (Å²) in [5.41, 5.74) is 3.03. The van der Waals surface area contributed by atoms with Gasteiger partial charge in [-0.15, -0.1) is 5.10 Å². The summed E-state index contributed by atoms with van der Waals surface area (Å²) in [7, 11) is 4.80. The molecule has 2 heterocycles. The minimum atomic E-state index is -0.224. The molecule has 0 bridgehead atoms. The first-order valence-corrected chi connectivity index (χ1v) is 12.0. The lowest BCUT2D eigenvalue weighted by Gasteiger charge is -2.31. The van der Waals surface area contributed by atoms with Gasteiger partial charge in [-0.2, -0.15) is 4.98 Å². The fourth-order valence-corrected chi connectivity index (χ4v) is 4.58. The third kappa shape index (κ3) is 5.20. The van der Waals surface area contributed by atoms with E-state index >= 15 is 0 Å². The number of rotatable bonds is 8. The number of nitrogens with zero attached hydrogens (tertiary/aromatic N) is 3. The van der Waals surface area contributed by atoms with Gasteiger partial charge in [-0.05, 0) is 47.4 Å². The highest BCUT2D eigenvalue weighted by Gasteiger charge is 2.31. The Kier molecular flexibility index (Phi) is 6.93. The van der Waals surface area contributed by atoms with Crippen LogP contribution in [0.25, 0.3) is 0 Å². The number of hydrogen-bond donors (Lipinski definition) is 2. The molecule has 9 nitrogen and oxygen atoms in total. The summed E-state index contributed by atoms with van der Waals surface area (Å²) in [4.78, 5) is 17.5. The van der Waals surface area contributed by atoms with Gasteiger partial charge < -0.3 is 19.5 Å². The van der Waals surface area contributed by atoms with Crippen LogP contribution in [-0.2, 0) is 11.2 Å². The second kappa shape index (κ2) is 10.6. The molecule has 37 heavy (non-hydrogen) atoms. The maximum absolute atomic E-state index is 12.8. The van der Waals surface area contributed by atoms with Crippen molar-refractivity contribution in [3.05, 3.63) is 89.5 Å². The van der Waals surface area contributed by atoms with Crippen LogP contribution in [0.3, 0.4) is 0 Å². The summed E-state index contributed by atoms with van der Waals surface area (Å²) in [5.74, 6) is 2.62. The molecule has 0 aliphatic carbocycles. The van der Waals surface area contributed by atoms with E-state index in [0.29, 0.717) is 17.4 Å². The lowest BCUT2D eigenvalue weighted by molar-refractivity contribution is -0.115. The smallest absolute Gasteiger partial charge is 0.250 e. The topological polar surface area (TPSA) is 99.5 Å². The maximum atomic E-state index is 12.8. The number of hydrogen-bond acceptors (Lipinski definition) is 7. The Morgan fingerprint density at radius 3 is 2.41 bits per heavy atom. The largest absolute Gasteiger partial charge is 0.497 e. The highest BCUT2D eigenvalue weighted by atomic mass is 16.5. The van der Waals surface area contributed by atoms with Crippen LogP contribution < -0.4 is 24.8 Å². The molecular formula is C28H29N5O4. The Balaban J connectivity index is 1.38. The van der Waals surface area contributed by atoms with Crippen molar-refractivity contribution in [3.8, 4) is 17.2 Å². The molecule has 4 aromatic rings. The van der Waals surface area contributed by atoms with Gasteiger partial charge in [0.25, 0.3) is 5.95 Å². The van der Waals surface area contributed by atoms with E-state index in [9.17, 15) is 4.79 Å². The Hall–Kier alpha value is -4.53. The van der Waals surface area contributed by atoms with Gasteiger partial charge in [-0.25, -0.2) is 4.68 Å². The number of carbonyl (C=O) groups excluding carboxylic acids is 1. The number of nitrogens with one attached hydrogen (secondary N) is 2. The van der Waals surface area contributed by atoms with Crippen molar-refractivity contribution in [2.75, 3.05) is 32.0 Å². The third-order valence-electron chi connectivity index (χ3n) is 6.46. The molecule has 1 amide bonds. The number of amides is 1. The van der Waals surface area contributed by atoms with Gasteiger partial charge in [0, 0.05) is 0 Å². The van der Waals surface area contributed by atoms with Crippen molar-refractivity contribution in [3.63, 3.8) is 0 Å². The first-order chi connectivity index (χ1) is 18.1. The van der Waals surface area contributed by atoms with E-state index in [4.69, 9.17) is 14.2 Å². The molecule has 190 valence electrons. The van der Waals surface area contributed by atoms with Gasteiger partial charge in [0.05, 0.1) is 39.8 Å². The lowest BCUT2D eigenvalue weighted by Crippen LogP contribution is -2.28. The summed E-state index contributed by atoms with van der Waals surface area (Å²) in [6.07, 6.45) is 0.917. The number of benzene rings is 3. The predicted octanol–water partition coefficient (Wildman–Crippen LogP) is 4.63. The zero-order valence-electron chi connectivity index (χ0n) is 21.0. The third-order valence-corrected chi connectivity index (χ3v) is 6.46. The van der Waals surface area contributed by atoms with Crippen LogP contribution in [0.1, 0.15) is 35.2 Å². The van der Waals surface area contributed by atoms with Crippen molar-refractivity contribution in [1.82, 2.24) is 14.8 Å². The highest BCUT2D eigenvalue weighted by molar-refractivity contribution is 5.90. The molecule has 3 aromatic carbocycles. The summed E-state index contributed by atoms with van der Waals surface area (Å²) in [6.45, 7) is 0. The second-order valence-electron chi connectivity index (χ2n) is 8.75. The number of carbonyl (C=O) groups is 1. The van der Waals surface area contributed by atoms with Crippen molar-refractivity contribution >= 4 is 17.8 Å². The zero-order chi connectivity index (χ0) is 25.8. The molecule has 0 spiro atoms. The van der Waals surface area contributed by atoms with Crippen molar-refractivity contribution in [2.45, 2.75) is 24.9 Å². The van der Waals surface area contributed by atoms with Crippen molar-refractivity contribution in [2.24, 2.45) is 0 Å². The monoisotopic (exact) mass is 499 g/mol. The molecule has 2 N–H and O–H groups in total. The fourth-order valence-electron chi connectivity index (χ4n) is 4.58. The number of aromatic nitrogens is 3. The van der Waals surface area contributed by atoms with Gasteiger partial charge in [0.1, 0.15) is 5.75 Å². The molecular weight excluding hydrogens is 470 g/mol. The van der Waals surface area contributed by atoms with Gasteiger partial charge in [-0.3, -0.25) is 10.1 Å². The molecule has 5 rings (SSSR count). The lowest BCUT2D eigenvalue weighted by atomic mass is 9.93. The molecule has 0 saturated carbocycles. The Morgan fingerprint density at radius 1 is 0.946 bits per heavy atom. The molecule has 2 unspecified atom stereocenters. The quantitative estimate of drug-likeness (QED) is 0.365. The zero-order valence-corrected chi connectivity index (χ0v) is 21.0. The molecule has 1 aromatic heterocycles. The van der Waals surface area contributed by atoms with Crippen LogP contribution in [0.4, 0.5) is 11.9 Å². The molecule has 9 heteroatoms. The Labute approximate surface area is 215 Å². The summed E-state index contributed by atoms with van der Waals surface area (Å²) < 4.78 is 17.8. The second-order valence-corrected chi connectivity index (χ2v) is 8.75. The molecule has 1 aliphatic heterocycles. The summed E-state index contributed by atoms with van der Waals surface area (Å²) in [6, 6.07) is 23.6. The van der Waals surface area contributed by atoms with Crippen LogP contribution in [0.15, 0.2) is 72.8 Å². The van der Waals surface area contributed by atoms with Crippen LogP contribution in [-0.4, -0.2) is 42.0 Å². The average molecular weight is 500 g/mol. The van der Waals surface area contributed by atoms with Gasteiger partial charge in [0.15, 0.2) is 11.5 Å². The molecule has 0 radical (unpaired) electrons. The average Bonchev–Trinajstić information content (AvgIpc) is 3.35. The van der Waals surface area contributed by atoms with Crippen molar-refractivity contribution < 1.29 is 19.0 Å². The minimum absolute atomic E-state index is 0.0168. The number of fused-ring (bicyclic) bond motifs is 1. The SMILES string of the molecule is COc1ccc(C2CC(c3ccccc3)n3nc(NC(=O)Cc4ccc(OC)c(OC)c4)nc3N2)cc1. The van der Waals surface area contributed by atoms with Gasteiger partial charge in [0.2, 0.25) is 11.9 Å². The molecule has 2 atom stereocenters. The van der Waals surface area contributed by atoms with Crippen LogP contribution >= 0.6 is 0 Å². The number of anilines is 2. The maximum Gasteiger partial charge on any atom is 0.250 e. The first kappa shape index (κ1) is 24.2. The van der Waals surface area contributed by atoms with E-state index < -0.39 is 0 Å². The van der Waals surface area contributed by atoms with E-state index in [-0.39, 0.29) is 30.4 Å². The van der Waals surface area contributed by atoms with Crippen molar-refractivity contribution in [1.29, 1.82) is 0 Å². The normalized spacial score (nSPS) is 16.3. The van der Waals surface area contributed by atoms with Crippen LogP contribution in [0.2, 0.25) is 0 Å². The minimum Gasteiger partial charge on any atom is -0.497 e. The predicted molar refractivity (Wildman–Crippen MR) is 140 cm³/mol.